The number of nitrogens with zero attached hydrogens (tertiary/aromatic N) is 1. The molecule has 3 rings (SSSR count). The van der Waals surface area contributed by atoms with E-state index in [9.17, 15) is 10.2 Å². The van der Waals surface area contributed by atoms with E-state index in [1.54, 1.807) is 12.1 Å². The molecule has 0 aliphatic carbocycles. The van der Waals surface area contributed by atoms with E-state index >= 15 is 0 Å². The smallest absolute Gasteiger partial charge is 0.157 e. The van der Waals surface area contributed by atoms with Gasteiger partial charge in [0.15, 0.2) is 11.5 Å². The molecule has 0 bridgehead atoms. The Labute approximate surface area is 112 Å². The Balaban J connectivity index is 1.77. The zero-order valence-electron chi connectivity index (χ0n) is 10.7. The van der Waals surface area contributed by atoms with Gasteiger partial charge in [0.05, 0.1) is 0 Å². The Morgan fingerprint density at radius 2 is 1.63 bits per heavy atom. The van der Waals surface area contributed by atoms with Gasteiger partial charge in [-0.1, -0.05) is 30.3 Å². The van der Waals surface area contributed by atoms with Crippen molar-refractivity contribution in [2.75, 3.05) is 6.54 Å². The van der Waals surface area contributed by atoms with Crippen LogP contribution < -0.4 is 0 Å². The molecule has 3 nitrogen and oxygen atoms in total. The number of rotatable bonds is 2. The van der Waals surface area contributed by atoms with Crippen LogP contribution >= 0.6 is 0 Å². The lowest BCUT2D eigenvalue weighted by Crippen LogP contribution is -2.29. The van der Waals surface area contributed by atoms with E-state index in [1.807, 2.05) is 6.07 Å². The van der Waals surface area contributed by atoms with Gasteiger partial charge in [0.2, 0.25) is 0 Å². The summed E-state index contributed by atoms with van der Waals surface area (Å²) in [6.45, 7) is 2.71. The SMILES string of the molecule is Oc1cc2c(cc1O)CN(Cc1ccccc1)CC2. The fourth-order valence-corrected chi connectivity index (χ4v) is 2.62. The number of aromatic hydroxyl groups is 2. The molecule has 2 aromatic carbocycles. The lowest BCUT2D eigenvalue weighted by atomic mass is 9.98. The van der Waals surface area contributed by atoms with E-state index < -0.39 is 0 Å². The molecule has 3 heteroatoms. The van der Waals surface area contributed by atoms with Crippen LogP contribution in [0.2, 0.25) is 0 Å². The summed E-state index contributed by atoms with van der Waals surface area (Å²) < 4.78 is 0. The monoisotopic (exact) mass is 255 g/mol. The maximum absolute atomic E-state index is 9.58. The highest BCUT2D eigenvalue weighted by Gasteiger charge is 2.18. The lowest BCUT2D eigenvalue weighted by Gasteiger charge is -2.29. The van der Waals surface area contributed by atoms with Crippen molar-refractivity contribution in [3.63, 3.8) is 0 Å². The van der Waals surface area contributed by atoms with E-state index in [-0.39, 0.29) is 11.5 Å². The van der Waals surface area contributed by atoms with Crippen LogP contribution in [0.25, 0.3) is 0 Å². The molecule has 0 fully saturated rings. The minimum absolute atomic E-state index is 0.0183. The molecule has 0 unspecified atom stereocenters. The van der Waals surface area contributed by atoms with Gasteiger partial charge < -0.3 is 10.2 Å². The summed E-state index contributed by atoms with van der Waals surface area (Å²) in [5, 5.41) is 19.1. The number of hydrogen-bond acceptors (Lipinski definition) is 3. The third kappa shape index (κ3) is 2.56. The topological polar surface area (TPSA) is 43.7 Å². The average Bonchev–Trinajstić information content (AvgIpc) is 2.42. The quantitative estimate of drug-likeness (QED) is 0.811. The molecule has 19 heavy (non-hydrogen) atoms. The van der Waals surface area contributed by atoms with E-state index in [4.69, 9.17) is 0 Å². The van der Waals surface area contributed by atoms with Gasteiger partial charge in [-0.25, -0.2) is 0 Å². The highest BCUT2D eigenvalue weighted by atomic mass is 16.3. The summed E-state index contributed by atoms with van der Waals surface area (Å²) in [4.78, 5) is 2.36. The van der Waals surface area contributed by atoms with E-state index in [2.05, 4.69) is 29.2 Å². The molecule has 2 aromatic rings. The Morgan fingerprint density at radius 3 is 2.37 bits per heavy atom. The van der Waals surface area contributed by atoms with Crippen LogP contribution in [0.15, 0.2) is 42.5 Å². The van der Waals surface area contributed by atoms with Crippen molar-refractivity contribution in [2.24, 2.45) is 0 Å². The summed E-state index contributed by atoms with van der Waals surface area (Å²) in [6, 6.07) is 13.8. The van der Waals surface area contributed by atoms with Crippen molar-refractivity contribution in [1.82, 2.24) is 4.90 Å². The first-order chi connectivity index (χ1) is 9.22. The molecule has 0 radical (unpaired) electrons. The fourth-order valence-electron chi connectivity index (χ4n) is 2.62. The van der Waals surface area contributed by atoms with Crippen LogP contribution in [0.5, 0.6) is 11.5 Å². The van der Waals surface area contributed by atoms with E-state index in [0.29, 0.717) is 0 Å². The molecule has 0 aromatic heterocycles. The van der Waals surface area contributed by atoms with Gasteiger partial charge >= 0.3 is 0 Å². The highest BCUT2D eigenvalue weighted by Crippen LogP contribution is 2.31. The van der Waals surface area contributed by atoms with Crippen molar-refractivity contribution >= 4 is 0 Å². The molecule has 1 aliphatic heterocycles. The minimum atomic E-state index is -0.0275. The van der Waals surface area contributed by atoms with E-state index in [1.165, 1.54) is 5.56 Å². The molecular weight excluding hydrogens is 238 g/mol. The van der Waals surface area contributed by atoms with Gasteiger partial charge in [-0.05, 0) is 35.2 Å². The van der Waals surface area contributed by atoms with Gasteiger partial charge in [-0.15, -0.1) is 0 Å². The number of fused-ring (bicyclic) bond motifs is 1. The summed E-state index contributed by atoms with van der Waals surface area (Å²) in [6.07, 6.45) is 0.913. The van der Waals surface area contributed by atoms with Crippen LogP contribution in [-0.2, 0) is 19.5 Å². The summed E-state index contributed by atoms with van der Waals surface area (Å²) in [5.74, 6) is -0.0458. The molecule has 98 valence electrons. The molecular formula is C16H17NO2. The number of benzene rings is 2. The molecule has 0 atom stereocenters. The average molecular weight is 255 g/mol. The normalized spacial score (nSPS) is 15.2. The van der Waals surface area contributed by atoms with Gasteiger partial charge in [-0.2, -0.15) is 0 Å². The van der Waals surface area contributed by atoms with Crippen LogP contribution in [0.1, 0.15) is 16.7 Å². The second-order valence-electron chi connectivity index (χ2n) is 5.06. The first-order valence-corrected chi connectivity index (χ1v) is 6.52. The molecule has 0 saturated heterocycles. The van der Waals surface area contributed by atoms with Crippen LogP contribution in [0.3, 0.4) is 0 Å². The molecule has 0 amide bonds. The van der Waals surface area contributed by atoms with Crippen molar-refractivity contribution in [1.29, 1.82) is 0 Å². The van der Waals surface area contributed by atoms with Crippen molar-refractivity contribution in [3.8, 4) is 11.5 Å². The van der Waals surface area contributed by atoms with Gasteiger partial charge in [0.25, 0.3) is 0 Å². The standard InChI is InChI=1S/C16H17NO2/c18-15-8-13-6-7-17(11-14(13)9-16(15)19)10-12-4-2-1-3-5-12/h1-5,8-9,18-19H,6-7,10-11H2. The molecule has 0 saturated carbocycles. The van der Waals surface area contributed by atoms with Crippen LogP contribution in [0, 0.1) is 0 Å². The van der Waals surface area contributed by atoms with Gasteiger partial charge in [0.1, 0.15) is 0 Å². The largest absolute Gasteiger partial charge is 0.504 e. The predicted octanol–water partition coefficient (Wildman–Crippen LogP) is 2.66. The summed E-state index contributed by atoms with van der Waals surface area (Å²) in [7, 11) is 0. The van der Waals surface area contributed by atoms with E-state index in [0.717, 1.165) is 37.2 Å². The lowest BCUT2D eigenvalue weighted by molar-refractivity contribution is 0.244. The van der Waals surface area contributed by atoms with Gasteiger partial charge in [-0.3, -0.25) is 4.90 Å². The zero-order chi connectivity index (χ0) is 13.2. The zero-order valence-corrected chi connectivity index (χ0v) is 10.7. The molecule has 2 N–H and O–H groups in total. The first kappa shape index (κ1) is 12.1. The number of hydrogen-bond donors (Lipinski definition) is 2. The maximum Gasteiger partial charge on any atom is 0.157 e. The Hall–Kier alpha value is -2.00. The fraction of sp³-hybridized carbons (Fsp3) is 0.250. The Kier molecular flexibility index (Phi) is 3.13. The molecule has 1 aliphatic rings. The highest BCUT2D eigenvalue weighted by molar-refractivity contribution is 5.46. The third-order valence-corrected chi connectivity index (χ3v) is 3.64. The van der Waals surface area contributed by atoms with Crippen molar-refractivity contribution in [2.45, 2.75) is 19.5 Å². The second kappa shape index (κ2) is 4.94. The molecule has 0 spiro atoms. The third-order valence-electron chi connectivity index (χ3n) is 3.64. The van der Waals surface area contributed by atoms with Crippen molar-refractivity contribution < 1.29 is 10.2 Å². The minimum Gasteiger partial charge on any atom is -0.504 e. The Bertz CT molecular complexity index is 581. The predicted molar refractivity (Wildman–Crippen MR) is 74.0 cm³/mol. The number of phenolic OH excluding ortho intramolecular Hbond substituents is 2. The van der Waals surface area contributed by atoms with Crippen LogP contribution in [0.4, 0.5) is 0 Å². The van der Waals surface area contributed by atoms with Crippen LogP contribution in [-0.4, -0.2) is 21.7 Å². The molecule has 1 heterocycles. The summed E-state index contributed by atoms with van der Waals surface area (Å²) in [5.41, 5.74) is 3.55. The summed E-state index contributed by atoms with van der Waals surface area (Å²) >= 11 is 0. The maximum atomic E-state index is 9.58. The Morgan fingerprint density at radius 1 is 0.947 bits per heavy atom. The number of phenols is 2. The van der Waals surface area contributed by atoms with Crippen molar-refractivity contribution in [3.05, 3.63) is 59.2 Å². The first-order valence-electron chi connectivity index (χ1n) is 6.52. The van der Waals surface area contributed by atoms with Gasteiger partial charge in [0, 0.05) is 19.6 Å². The second-order valence-corrected chi connectivity index (χ2v) is 5.06.